The van der Waals surface area contributed by atoms with Crippen molar-refractivity contribution in [1.29, 1.82) is 0 Å². The van der Waals surface area contributed by atoms with E-state index in [0.717, 1.165) is 21.6 Å². The molecule has 1 aromatic heterocycles. The van der Waals surface area contributed by atoms with Crippen molar-refractivity contribution in [3.63, 3.8) is 0 Å². The van der Waals surface area contributed by atoms with Crippen LogP contribution in [0.4, 0.5) is 0 Å². The molecule has 3 aromatic rings. The van der Waals surface area contributed by atoms with Gasteiger partial charge in [0, 0.05) is 21.6 Å². The van der Waals surface area contributed by atoms with E-state index < -0.39 is 0 Å². The molecule has 1 nitrogen and oxygen atoms in total. The van der Waals surface area contributed by atoms with E-state index in [0.29, 0.717) is 0 Å². The summed E-state index contributed by atoms with van der Waals surface area (Å²) in [6.45, 7) is 2.09. The summed E-state index contributed by atoms with van der Waals surface area (Å²) in [5.74, 6) is 0. The predicted molar refractivity (Wildman–Crippen MR) is 73.5 cm³/mol. The summed E-state index contributed by atoms with van der Waals surface area (Å²) in [6, 6.07) is 16.5. The van der Waals surface area contributed by atoms with Crippen LogP contribution in [0.1, 0.15) is 5.56 Å². The van der Waals surface area contributed by atoms with Gasteiger partial charge < -0.3 is 4.98 Å². The Morgan fingerprint density at radius 1 is 1.00 bits per heavy atom. The van der Waals surface area contributed by atoms with E-state index in [1.807, 2.05) is 18.2 Å². The Balaban J connectivity index is 2.18. The molecule has 0 unspecified atom stereocenters. The fourth-order valence-corrected chi connectivity index (χ4v) is 2.24. The van der Waals surface area contributed by atoms with Gasteiger partial charge in [0.25, 0.3) is 0 Å². The number of halogens is 1. The van der Waals surface area contributed by atoms with Gasteiger partial charge in [0.2, 0.25) is 0 Å². The first kappa shape index (κ1) is 10.4. The third-order valence-corrected chi connectivity index (χ3v) is 3.30. The molecule has 0 bridgehead atoms. The number of H-pyrrole nitrogens is 1. The third kappa shape index (κ3) is 1.83. The Bertz CT molecular complexity index is 665. The highest BCUT2D eigenvalue weighted by Crippen LogP contribution is 2.28. The van der Waals surface area contributed by atoms with E-state index in [2.05, 4.69) is 42.2 Å². The quantitative estimate of drug-likeness (QED) is 0.630. The monoisotopic (exact) mass is 241 g/mol. The zero-order chi connectivity index (χ0) is 11.8. The van der Waals surface area contributed by atoms with Crippen molar-refractivity contribution in [3.05, 3.63) is 59.1 Å². The van der Waals surface area contributed by atoms with Crippen molar-refractivity contribution in [2.75, 3.05) is 0 Å². The van der Waals surface area contributed by atoms with Crippen LogP contribution in [-0.2, 0) is 0 Å². The maximum atomic E-state index is 6.16. The smallest absolute Gasteiger partial charge is 0.0500 e. The van der Waals surface area contributed by atoms with Crippen molar-refractivity contribution in [1.82, 2.24) is 4.98 Å². The molecule has 1 heterocycles. The lowest BCUT2D eigenvalue weighted by Gasteiger charge is -1.97. The van der Waals surface area contributed by atoms with Crippen LogP contribution in [0.5, 0.6) is 0 Å². The molecule has 0 aliphatic heterocycles. The maximum absolute atomic E-state index is 6.16. The van der Waals surface area contributed by atoms with Gasteiger partial charge in [-0.3, -0.25) is 0 Å². The van der Waals surface area contributed by atoms with E-state index in [9.17, 15) is 0 Å². The molecule has 0 fully saturated rings. The van der Waals surface area contributed by atoms with Crippen molar-refractivity contribution >= 4 is 22.5 Å². The molecule has 1 N–H and O–H groups in total. The zero-order valence-corrected chi connectivity index (χ0v) is 10.3. The van der Waals surface area contributed by atoms with Gasteiger partial charge in [-0.2, -0.15) is 0 Å². The standard InChI is InChI=1S/C15H12ClN/c1-10-5-7-11(8-6-10)15-9-12-13(16)3-2-4-14(12)17-15/h2-9,17H,1H3. The number of aromatic nitrogens is 1. The topological polar surface area (TPSA) is 15.8 Å². The van der Waals surface area contributed by atoms with E-state index in [4.69, 9.17) is 11.6 Å². The Labute approximate surface area is 105 Å². The van der Waals surface area contributed by atoms with Crippen LogP contribution < -0.4 is 0 Å². The molecule has 0 amide bonds. The van der Waals surface area contributed by atoms with Gasteiger partial charge in [-0.1, -0.05) is 47.5 Å². The number of rotatable bonds is 1. The molecule has 0 radical (unpaired) electrons. The fourth-order valence-electron chi connectivity index (χ4n) is 2.01. The maximum Gasteiger partial charge on any atom is 0.0500 e. The van der Waals surface area contributed by atoms with Crippen LogP contribution >= 0.6 is 11.6 Å². The Morgan fingerprint density at radius 3 is 2.47 bits per heavy atom. The molecule has 17 heavy (non-hydrogen) atoms. The predicted octanol–water partition coefficient (Wildman–Crippen LogP) is 4.80. The summed E-state index contributed by atoms with van der Waals surface area (Å²) in [5, 5.41) is 1.86. The van der Waals surface area contributed by atoms with E-state index in [-0.39, 0.29) is 0 Å². The minimum absolute atomic E-state index is 0.789. The number of fused-ring (bicyclic) bond motifs is 1. The van der Waals surface area contributed by atoms with E-state index >= 15 is 0 Å². The first-order valence-corrected chi connectivity index (χ1v) is 5.96. The molecule has 2 aromatic carbocycles. The van der Waals surface area contributed by atoms with E-state index in [1.165, 1.54) is 11.1 Å². The van der Waals surface area contributed by atoms with Crippen molar-refractivity contribution < 1.29 is 0 Å². The average molecular weight is 242 g/mol. The minimum Gasteiger partial charge on any atom is -0.354 e. The van der Waals surface area contributed by atoms with Crippen LogP contribution in [0.3, 0.4) is 0 Å². The normalized spacial score (nSPS) is 10.9. The van der Waals surface area contributed by atoms with E-state index in [1.54, 1.807) is 0 Å². The molecular formula is C15H12ClN. The number of benzene rings is 2. The van der Waals surface area contributed by atoms with Crippen LogP contribution in [0.2, 0.25) is 5.02 Å². The second-order valence-corrected chi connectivity index (χ2v) is 4.66. The molecule has 0 aliphatic carbocycles. The van der Waals surface area contributed by atoms with Crippen LogP contribution in [0.15, 0.2) is 48.5 Å². The minimum atomic E-state index is 0.789. The average Bonchev–Trinajstić information content (AvgIpc) is 2.75. The molecule has 0 spiro atoms. The highest BCUT2D eigenvalue weighted by Gasteiger charge is 2.05. The molecule has 3 rings (SSSR count). The first-order valence-electron chi connectivity index (χ1n) is 5.58. The summed E-state index contributed by atoms with van der Waals surface area (Å²) in [6.07, 6.45) is 0. The van der Waals surface area contributed by atoms with Crippen LogP contribution in [-0.4, -0.2) is 4.98 Å². The van der Waals surface area contributed by atoms with Gasteiger partial charge in [0.1, 0.15) is 0 Å². The third-order valence-electron chi connectivity index (χ3n) is 2.97. The number of hydrogen-bond acceptors (Lipinski definition) is 0. The molecule has 0 saturated heterocycles. The van der Waals surface area contributed by atoms with Gasteiger partial charge in [-0.25, -0.2) is 0 Å². The number of nitrogens with one attached hydrogen (secondary N) is 1. The van der Waals surface area contributed by atoms with Crippen LogP contribution in [0.25, 0.3) is 22.2 Å². The highest BCUT2D eigenvalue weighted by molar-refractivity contribution is 6.35. The SMILES string of the molecule is Cc1ccc(-c2cc3c(Cl)cccc3[nH]2)cc1. The highest BCUT2D eigenvalue weighted by atomic mass is 35.5. The molecule has 0 atom stereocenters. The van der Waals surface area contributed by atoms with Crippen molar-refractivity contribution in [2.45, 2.75) is 6.92 Å². The van der Waals surface area contributed by atoms with Gasteiger partial charge in [-0.15, -0.1) is 0 Å². The molecule has 84 valence electrons. The summed E-state index contributed by atoms with van der Waals surface area (Å²) in [7, 11) is 0. The summed E-state index contributed by atoms with van der Waals surface area (Å²) >= 11 is 6.16. The van der Waals surface area contributed by atoms with Gasteiger partial charge >= 0.3 is 0 Å². The summed E-state index contributed by atoms with van der Waals surface area (Å²) < 4.78 is 0. The van der Waals surface area contributed by atoms with Gasteiger partial charge in [-0.05, 0) is 30.7 Å². The first-order chi connectivity index (χ1) is 8.24. The Kier molecular flexibility index (Phi) is 2.41. The van der Waals surface area contributed by atoms with Gasteiger partial charge in [0.15, 0.2) is 0 Å². The lowest BCUT2D eigenvalue weighted by atomic mass is 10.1. The van der Waals surface area contributed by atoms with Gasteiger partial charge in [0.05, 0.1) is 0 Å². The van der Waals surface area contributed by atoms with Crippen LogP contribution in [0, 0.1) is 6.92 Å². The largest absolute Gasteiger partial charge is 0.354 e. The van der Waals surface area contributed by atoms with Crippen molar-refractivity contribution in [2.24, 2.45) is 0 Å². The summed E-state index contributed by atoms with van der Waals surface area (Å²) in [4.78, 5) is 3.39. The summed E-state index contributed by atoms with van der Waals surface area (Å²) in [5.41, 5.74) is 4.63. The molecule has 2 heteroatoms. The lowest BCUT2D eigenvalue weighted by molar-refractivity contribution is 1.42. The number of hydrogen-bond donors (Lipinski definition) is 1. The second kappa shape index (κ2) is 3.94. The Hall–Kier alpha value is -1.73. The van der Waals surface area contributed by atoms with Crippen molar-refractivity contribution in [3.8, 4) is 11.3 Å². The fraction of sp³-hybridized carbons (Fsp3) is 0.0667. The number of aromatic amines is 1. The lowest BCUT2D eigenvalue weighted by Crippen LogP contribution is -1.77. The molecule has 0 saturated carbocycles. The second-order valence-electron chi connectivity index (χ2n) is 4.25. The molecule has 0 aliphatic rings. The molecular weight excluding hydrogens is 230 g/mol. The zero-order valence-electron chi connectivity index (χ0n) is 9.50. The number of aryl methyl sites for hydroxylation is 1. The Morgan fingerprint density at radius 2 is 1.76 bits per heavy atom.